The molecule has 0 saturated carbocycles. The van der Waals surface area contributed by atoms with Crippen molar-refractivity contribution >= 4 is 23.2 Å². The first-order valence-electron chi connectivity index (χ1n) is 6.01. The maximum absolute atomic E-state index is 12.2. The fourth-order valence-electron chi connectivity index (χ4n) is 1.67. The SMILES string of the molecule is CNC(=S)NNC(=O)c1ccccc1-c1ccccn1. The van der Waals surface area contributed by atoms with Crippen molar-refractivity contribution in [3.05, 3.63) is 54.2 Å². The molecule has 2 aromatic rings. The molecular weight excluding hydrogens is 272 g/mol. The van der Waals surface area contributed by atoms with Gasteiger partial charge in [-0.25, -0.2) is 0 Å². The van der Waals surface area contributed by atoms with Gasteiger partial charge < -0.3 is 5.32 Å². The van der Waals surface area contributed by atoms with Gasteiger partial charge >= 0.3 is 0 Å². The maximum atomic E-state index is 12.2. The minimum absolute atomic E-state index is 0.274. The topological polar surface area (TPSA) is 66.0 Å². The monoisotopic (exact) mass is 286 g/mol. The number of carbonyl (C=O) groups excluding carboxylic acids is 1. The molecule has 0 aliphatic carbocycles. The Hall–Kier alpha value is -2.47. The van der Waals surface area contributed by atoms with Gasteiger partial charge in [0.15, 0.2) is 5.11 Å². The summed E-state index contributed by atoms with van der Waals surface area (Å²) in [5.41, 5.74) is 7.19. The van der Waals surface area contributed by atoms with Gasteiger partial charge in [-0.15, -0.1) is 0 Å². The molecule has 0 radical (unpaired) electrons. The van der Waals surface area contributed by atoms with E-state index < -0.39 is 0 Å². The van der Waals surface area contributed by atoms with Crippen LogP contribution in [0.2, 0.25) is 0 Å². The molecule has 102 valence electrons. The third-order valence-electron chi connectivity index (χ3n) is 2.63. The fraction of sp³-hybridized carbons (Fsp3) is 0.0714. The van der Waals surface area contributed by atoms with Crippen LogP contribution in [0.5, 0.6) is 0 Å². The normalized spacial score (nSPS) is 9.65. The summed E-state index contributed by atoms with van der Waals surface area (Å²) in [6.45, 7) is 0. The van der Waals surface area contributed by atoms with Gasteiger partial charge in [0.1, 0.15) is 0 Å². The largest absolute Gasteiger partial charge is 0.364 e. The zero-order chi connectivity index (χ0) is 14.4. The summed E-state index contributed by atoms with van der Waals surface area (Å²) in [6.07, 6.45) is 1.69. The number of hydrazine groups is 1. The van der Waals surface area contributed by atoms with Gasteiger partial charge in [0, 0.05) is 18.8 Å². The Labute approximate surface area is 122 Å². The predicted octanol–water partition coefficient (Wildman–Crippen LogP) is 1.49. The number of thiocarbonyl (C=S) groups is 1. The van der Waals surface area contributed by atoms with E-state index in [0.29, 0.717) is 10.7 Å². The van der Waals surface area contributed by atoms with Crippen LogP contribution in [0.4, 0.5) is 0 Å². The van der Waals surface area contributed by atoms with Crippen LogP contribution in [0.1, 0.15) is 10.4 Å². The molecule has 1 heterocycles. The molecular formula is C14H14N4OS. The van der Waals surface area contributed by atoms with Crippen LogP contribution in [0.15, 0.2) is 48.7 Å². The lowest BCUT2D eigenvalue weighted by molar-refractivity contribution is 0.0944. The van der Waals surface area contributed by atoms with Crippen LogP contribution in [-0.2, 0) is 0 Å². The highest BCUT2D eigenvalue weighted by molar-refractivity contribution is 7.80. The summed E-state index contributed by atoms with van der Waals surface area (Å²) in [5, 5.41) is 3.05. The Kier molecular flexibility index (Phi) is 4.62. The minimum Gasteiger partial charge on any atom is -0.364 e. The first-order chi connectivity index (χ1) is 9.72. The van der Waals surface area contributed by atoms with E-state index in [1.54, 1.807) is 25.4 Å². The first kappa shape index (κ1) is 14.0. The molecule has 0 fully saturated rings. The van der Waals surface area contributed by atoms with E-state index in [4.69, 9.17) is 12.2 Å². The summed E-state index contributed by atoms with van der Waals surface area (Å²) in [6, 6.07) is 12.8. The number of nitrogens with one attached hydrogen (secondary N) is 3. The van der Waals surface area contributed by atoms with Crippen LogP contribution in [-0.4, -0.2) is 23.1 Å². The Balaban J connectivity index is 2.24. The molecule has 20 heavy (non-hydrogen) atoms. The van der Waals surface area contributed by atoms with Crippen molar-refractivity contribution in [2.24, 2.45) is 0 Å². The van der Waals surface area contributed by atoms with Gasteiger partial charge in [0.2, 0.25) is 0 Å². The zero-order valence-corrected chi connectivity index (χ0v) is 11.7. The number of hydrogen-bond donors (Lipinski definition) is 3. The molecule has 1 aromatic heterocycles. The third kappa shape index (κ3) is 3.30. The molecule has 6 heteroatoms. The Morgan fingerprint density at radius 1 is 1.10 bits per heavy atom. The van der Waals surface area contributed by atoms with Crippen molar-refractivity contribution in [2.45, 2.75) is 0 Å². The summed E-state index contributed by atoms with van der Waals surface area (Å²) in [7, 11) is 1.67. The second kappa shape index (κ2) is 6.63. The molecule has 0 saturated heterocycles. The molecule has 5 nitrogen and oxygen atoms in total. The van der Waals surface area contributed by atoms with E-state index in [9.17, 15) is 4.79 Å². The summed E-state index contributed by atoms with van der Waals surface area (Å²) in [5.74, 6) is -0.274. The number of pyridine rings is 1. The van der Waals surface area contributed by atoms with Gasteiger partial charge in [-0.05, 0) is 30.4 Å². The lowest BCUT2D eigenvalue weighted by Gasteiger charge is -2.11. The van der Waals surface area contributed by atoms with Crippen molar-refractivity contribution < 1.29 is 4.79 Å². The number of aromatic nitrogens is 1. The second-order valence-corrected chi connectivity index (χ2v) is 4.33. The Morgan fingerprint density at radius 3 is 2.55 bits per heavy atom. The number of rotatable bonds is 2. The average molecular weight is 286 g/mol. The van der Waals surface area contributed by atoms with E-state index in [2.05, 4.69) is 21.2 Å². The number of benzene rings is 1. The molecule has 0 unspecified atom stereocenters. The second-order valence-electron chi connectivity index (χ2n) is 3.92. The first-order valence-corrected chi connectivity index (χ1v) is 6.41. The zero-order valence-electron chi connectivity index (χ0n) is 10.9. The highest BCUT2D eigenvalue weighted by Gasteiger charge is 2.12. The molecule has 2 rings (SSSR count). The van der Waals surface area contributed by atoms with Crippen molar-refractivity contribution in [3.63, 3.8) is 0 Å². The fourth-order valence-corrected chi connectivity index (χ4v) is 1.72. The van der Waals surface area contributed by atoms with E-state index in [1.165, 1.54) is 0 Å². The van der Waals surface area contributed by atoms with Gasteiger partial charge in [-0.1, -0.05) is 24.3 Å². The molecule has 0 spiro atoms. The minimum atomic E-state index is -0.274. The van der Waals surface area contributed by atoms with Crippen molar-refractivity contribution in [2.75, 3.05) is 7.05 Å². The smallest absolute Gasteiger partial charge is 0.270 e. The molecule has 0 atom stereocenters. The predicted molar refractivity (Wildman–Crippen MR) is 81.9 cm³/mol. The standard InChI is InChI=1S/C14H14N4OS/c1-15-14(20)18-17-13(19)11-7-3-2-6-10(11)12-8-4-5-9-16-12/h2-9H,1H3,(H,17,19)(H2,15,18,20). The van der Waals surface area contributed by atoms with E-state index >= 15 is 0 Å². The quantitative estimate of drug-likeness (QED) is 0.576. The third-order valence-corrected chi connectivity index (χ3v) is 2.94. The van der Waals surface area contributed by atoms with E-state index in [-0.39, 0.29) is 5.91 Å². The van der Waals surface area contributed by atoms with Crippen LogP contribution >= 0.6 is 12.2 Å². The lowest BCUT2D eigenvalue weighted by atomic mass is 10.0. The molecule has 1 aromatic carbocycles. The van der Waals surface area contributed by atoms with Gasteiger partial charge in [0.25, 0.3) is 5.91 Å². The van der Waals surface area contributed by atoms with Crippen molar-refractivity contribution in [1.29, 1.82) is 0 Å². The summed E-state index contributed by atoms with van der Waals surface area (Å²) < 4.78 is 0. The van der Waals surface area contributed by atoms with Crippen LogP contribution in [0, 0.1) is 0 Å². The van der Waals surface area contributed by atoms with Crippen LogP contribution in [0.25, 0.3) is 11.3 Å². The van der Waals surface area contributed by atoms with E-state index in [1.807, 2.05) is 30.3 Å². The Bertz CT molecular complexity index is 616. The van der Waals surface area contributed by atoms with Crippen LogP contribution < -0.4 is 16.2 Å². The molecule has 0 aliphatic heterocycles. The molecule has 1 amide bonds. The van der Waals surface area contributed by atoms with Gasteiger partial charge in [-0.2, -0.15) is 0 Å². The maximum Gasteiger partial charge on any atom is 0.270 e. The lowest BCUT2D eigenvalue weighted by Crippen LogP contribution is -2.45. The highest BCUT2D eigenvalue weighted by atomic mass is 32.1. The number of amides is 1. The van der Waals surface area contributed by atoms with Gasteiger partial charge in [0.05, 0.1) is 11.3 Å². The summed E-state index contributed by atoms with van der Waals surface area (Å²) in [4.78, 5) is 16.4. The molecule has 0 aliphatic rings. The van der Waals surface area contributed by atoms with E-state index in [0.717, 1.165) is 11.3 Å². The van der Waals surface area contributed by atoms with Crippen molar-refractivity contribution in [3.8, 4) is 11.3 Å². The number of hydrogen-bond acceptors (Lipinski definition) is 3. The van der Waals surface area contributed by atoms with Crippen molar-refractivity contribution in [1.82, 2.24) is 21.2 Å². The van der Waals surface area contributed by atoms with Crippen LogP contribution in [0.3, 0.4) is 0 Å². The highest BCUT2D eigenvalue weighted by Crippen LogP contribution is 2.20. The average Bonchev–Trinajstić information content (AvgIpc) is 2.53. The Morgan fingerprint density at radius 2 is 1.85 bits per heavy atom. The summed E-state index contributed by atoms with van der Waals surface area (Å²) >= 11 is 4.90. The molecule has 3 N–H and O–H groups in total. The number of carbonyl (C=O) groups is 1. The number of nitrogens with zero attached hydrogens (tertiary/aromatic N) is 1. The molecule has 0 bridgehead atoms. The van der Waals surface area contributed by atoms with Gasteiger partial charge in [-0.3, -0.25) is 20.6 Å².